The van der Waals surface area contributed by atoms with Crippen molar-refractivity contribution in [2.24, 2.45) is 0 Å². The summed E-state index contributed by atoms with van der Waals surface area (Å²) in [6, 6.07) is 18.6. The molecule has 0 saturated heterocycles. The summed E-state index contributed by atoms with van der Waals surface area (Å²) >= 11 is 0. The Kier molecular flexibility index (Phi) is 9.99. The molecule has 39 heavy (non-hydrogen) atoms. The average Bonchev–Trinajstić information content (AvgIpc) is 2.96. The van der Waals surface area contributed by atoms with Crippen molar-refractivity contribution in [1.29, 1.82) is 0 Å². The minimum absolute atomic E-state index is 0.344. The van der Waals surface area contributed by atoms with Gasteiger partial charge in [0, 0.05) is 31.4 Å². The van der Waals surface area contributed by atoms with Crippen molar-refractivity contribution in [3.05, 3.63) is 76.9 Å². The van der Waals surface area contributed by atoms with Crippen LogP contribution in [0.1, 0.15) is 54.9 Å². The summed E-state index contributed by atoms with van der Waals surface area (Å²) in [4.78, 5) is 4.71. The third-order valence-corrected chi connectivity index (χ3v) is 7.76. The van der Waals surface area contributed by atoms with Gasteiger partial charge in [0.05, 0.1) is 14.2 Å². The average molecular weight is 533 g/mol. The molecule has 0 amide bonds. The van der Waals surface area contributed by atoms with E-state index >= 15 is 0 Å². The Morgan fingerprint density at radius 2 is 1.64 bits per heavy atom. The molecule has 1 atom stereocenters. The number of fused-ring (bicyclic) bond motifs is 1. The molecule has 0 fully saturated rings. The van der Waals surface area contributed by atoms with Crippen molar-refractivity contribution < 1.29 is 19.3 Å². The fourth-order valence-electron chi connectivity index (χ4n) is 5.58. The van der Waals surface area contributed by atoms with Gasteiger partial charge in [0.15, 0.2) is 11.5 Å². The molecular weight excluding hydrogens is 488 g/mol. The number of rotatable bonds is 13. The molecule has 6 heteroatoms. The van der Waals surface area contributed by atoms with Crippen LogP contribution in [0.25, 0.3) is 0 Å². The second-order valence-electron chi connectivity index (χ2n) is 10.5. The predicted octanol–water partition coefficient (Wildman–Crippen LogP) is 6.43. The maximum Gasteiger partial charge on any atom is 0.162 e. The monoisotopic (exact) mass is 532 g/mol. The van der Waals surface area contributed by atoms with Gasteiger partial charge in [-0.3, -0.25) is 0 Å². The number of phenols is 1. The summed E-state index contributed by atoms with van der Waals surface area (Å²) in [5, 5.41) is 9.94. The lowest BCUT2D eigenvalue weighted by molar-refractivity contribution is 0.237. The van der Waals surface area contributed by atoms with Gasteiger partial charge >= 0.3 is 0 Å². The highest BCUT2D eigenvalue weighted by molar-refractivity contribution is 5.64. The quantitative estimate of drug-likeness (QED) is 0.274. The Bertz CT molecular complexity index is 1210. The molecule has 210 valence electrons. The number of hydrogen-bond acceptors (Lipinski definition) is 6. The molecule has 0 bridgehead atoms. The highest BCUT2D eigenvalue weighted by atomic mass is 16.5. The van der Waals surface area contributed by atoms with Crippen molar-refractivity contribution in [2.75, 3.05) is 52.4 Å². The van der Waals surface area contributed by atoms with Crippen LogP contribution in [-0.4, -0.2) is 57.5 Å². The number of benzene rings is 3. The molecule has 0 aliphatic heterocycles. The van der Waals surface area contributed by atoms with Crippen molar-refractivity contribution >= 4 is 5.69 Å². The standard InChI is InChI=1S/C33H44N2O4/c1-6-16-34(3)17-18-39-29-14-8-24(9-15-29)23-35(7-2)31-22-33(38-5)32(37-4)21-30(31)27-11-10-26-20-28(36)13-12-25(26)19-27/h8-9,12-15,20-22,27,36H,6-7,10-11,16-19,23H2,1-5H3. The number of nitrogens with zero attached hydrogens (tertiary/aromatic N) is 2. The van der Waals surface area contributed by atoms with Crippen LogP contribution in [-0.2, 0) is 19.4 Å². The van der Waals surface area contributed by atoms with E-state index in [0.29, 0.717) is 18.3 Å². The molecule has 1 aliphatic rings. The summed E-state index contributed by atoms with van der Waals surface area (Å²) in [6.07, 6.45) is 4.06. The lowest BCUT2D eigenvalue weighted by Crippen LogP contribution is -2.25. The van der Waals surface area contributed by atoms with E-state index in [1.54, 1.807) is 20.3 Å². The van der Waals surface area contributed by atoms with Crippen LogP contribution in [0.15, 0.2) is 54.6 Å². The summed E-state index contributed by atoms with van der Waals surface area (Å²) in [5.74, 6) is 3.11. The second-order valence-corrected chi connectivity index (χ2v) is 10.5. The number of methoxy groups -OCH3 is 2. The van der Waals surface area contributed by atoms with Gasteiger partial charge in [-0.05, 0) is 105 Å². The van der Waals surface area contributed by atoms with Crippen molar-refractivity contribution in [3.8, 4) is 23.0 Å². The number of aromatic hydroxyl groups is 1. The summed E-state index contributed by atoms with van der Waals surface area (Å²) in [7, 11) is 5.53. The first-order chi connectivity index (χ1) is 18.9. The number of ether oxygens (including phenoxy) is 3. The van der Waals surface area contributed by atoms with Gasteiger partial charge in [0.25, 0.3) is 0 Å². The Labute approximate surface area is 234 Å². The predicted molar refractivity (Wildman–Crippen MR) is 159 cm³/mol. The third kappa shape index (κ3) is 7.18. The third-order valence-electron chi connectivity index (χ3n) is 7.76. The molecule has 0 spiro atoms. The van der Waals surface area contributed by atoms with Crippen LogP contribution in [0, 0.1) is 0 Å². The molecule has 1 unspecified atom stereocenters. The number of likely N-dealkylation sites (N-methyl/N-ethyl adjacent to an activating group) is 1. The Balaban J connectivity index is 1.54. The van der Waals surface area contributed by atoms with Crippen LogP contribution in [0.3, 0.4) is 0 Å². The zero-order chi connectivity index (χ0) is 27.8. The smallest absolute Gasteiger partial charge is 0.162 e. The van der Waals surface area contributed by atoms with Crippen molar-refractivity contribution in [2.45, 2.75) is 52.0 Å². The minimum Gasteiger partial charge on any atom is -0.508 e. The zero-order valence-electron chi connectivity index (χ0n) is 24.2. The Morgan fingerprint density at radius 1 is 0.897 bits per heavy atom. The molecule has 6 nitrogen and oxygen atoms in total. The van der Waals surface area contributed by atoms with Gasteiger partial charge in [-0.2, -0.15) is 0 Å². The first-order valence-electron chi connectivity index (χ1n) is 14.2. The molecule has 4 rings (SSSR count). The minimum atomic E-state index is 0.344. The number of hydrogen-bond donors (Lipinski definition) is 1. The summed E-state index contributed by atoms with van der Waals surface area (Å²) in [5.41, 5.74) is 6.26. The Hall–Kier alpha value is -3.38. The summed E-state index contributed by atoms with van der Waals surface area (Å²) in [6.45, 7) is 8.75. The molecule has 3 aromatic carbocycles. The van der Waals surface area contributed by atoms with E-state index in [4.69, 9.17) is 14.2 Å². The van der Waals surface area contributed by atoms with E-state index in [9.17, 15) is 5.11 Å². The normalized spacial score (nSPS) is 14.7. The fraction of sp³-hybridized carbons (Fsp3) is 0.455. The molecule has 0 saturated carbocycles. The van der Waals surface area contributed by atoms with Gasteiger partial charge in [-0.1, -0.05) is 25.1 Å². The summed E-state index contributed by atoms with van der Waals surface area (Å²) < 4.78 is 17.4. The SMILES string of the molecule is CCCN(C)CCOc1ccc(CN(CC)c2cc(OC)c(OC)cc2C2CCc3cc(O)ccc3C2)cc1. The maximum atomic E-state index is 9.94. The van der Waals surface area contributed by atoms with Gasteiger partial charge in [-0.15, -0.1) is 0 Å². The van der Waals surface area contributed by atoms with Crippen LogP contribution >= 0.6 is 0 Å². The van der Waals surface area contributed by atoms with Crippen LogP contribution in [0.4, 0.5) is 5.69 Å². The molecule has 1 aliphatic carbocycles. The van der Waals surface area contributed by atoms with E-state index in [1.807, 2.05) is 6.07 Å². The highest BCUT2D eigenvalue weighted by Gasteiger charge is 2.26. The van der Waals surface area contributed by atoms with E-state index in [2.05, 4.69) is 73.2 Å². The van der Waals surface area contributed by atoms with Crippen LogP contribution in [0.2, 0.25) is 0 Å². The number of anilines is 1. The van der Waals surface area contributed by atoms with Crippen LogP contribution < -0.4 is 19.1 Å². The second kappa shape index (κ2) is 13.6. The largest absolute Gasteiger partial charge is 0.508 e. The van der Waals surface area contributed by atoms with E-state index in [1.165, 1.54) is 27.9 Å². The Morgan fingerprint density at radius 3 is 2.33 bits per heavy atom. The first-order valence-corrected chi connectivity index (χ1v) is 14.2. The molecule has 1 N–H and O–H groups in total. The van der Waals surface area contributed by atoms with Gasteiger partial charge < -0.3 is 29.1 Å². The lowest BCUT2D eigenvalue weighted by atomic mass is 9.79. The van der Waals surface area contributed by atoms with E-state index in [0.717, 1.165) is 69.1 Å². The van der Waals surface area contributed by atoms with Crippen LogP contribution in [0.5, 0.6) is 23.0 Å². The molecule has 0 heterocycles. The van der Waals surface area contributed by atoms with E-state index < -0.39 is 0 Å². The molecule has 0 radical (unpaired) electrons. The zero-order valence-corrected chi connectivity index (χ0v) is 24.2. The van der Waals surface area contributed by atoms with Crippen molar-refractivity contribution in [1.82, 2.24) is 4.90 Å². The van der Waals surface area contributed by atoms with Gasteiger partial charge in [0.1, 0.15) is 18.1 Å². The highest BCUT2D eigenvalue weighted by Crippen LogP contribution is 2.43. The molecule has 3 aromatic rings. The van der Waals surface area contributed by atoms with Gasteiger partial charge in [-0.25, -0.2) is 0 Å². The fourth-order valence-corrected chi connectivity index (χ4v) is 5.58. The first kappa shape index (κ1) is 28.6. The lowest BCUT2D eigenvalue weighted by Gasteiger charge is -2.32. The van der Waals surface area contributed by atoms with E-state index in [-0.39, 0.29) is 0 Å². The number of phenolic OH excluding ortho intramolecular Hbond substituents is 1. The molecule has 0 aromatic heterocycles. The molecular formula is C33H44N2O4. The van der Waals surface area contributed by atoms with Gasteiger partial charge in [0.2, 0.25) is 0 Å². The topological polar surface area (TPSA) is 54.4 Å². The maximum absolute atomic E-state index is 9.94. The van der Waals surface area contributed by atoms with Crippen molar-refractivity contribution in [3.63, 3.8) is 0 Å². The number of aryl methyl sites for hydroxylation is 1.